The molecular formula is C20H31F2IN4O3. The lowest BCUT2D eigenvalue weighted by Crippen LogP contribution is -2.43. The lowest BCUT2D eigenvalue weighted by Gasteiger charge is -2.27. The van der Waals surface area contributed by atoms with Gasteiger partial charge in [-0.25, -0.2) is 4.99 Å². The van der Waals surface area contributed by atoms with Crippen LogP contribution in [0.1, 0.15) is 24.8 Å². The topological polar surface area (TPSA) is 66.4 Å². The van der Waals surface area contributed by atoms with Crippen LogP contribution < -0.4 is 10.1 Å². The maximum atomic E-state index is 12.3. The van der Waals surface area contributed by atoms with Crippen LogP contribution >= 0.6 is 24.0 Å². The predicted molar refractivity (Wildman–Crippen MR) is 123 cm³/mol. The summed E-state index contributed by atoms with van der Waals surface area (Å²) < 4.78 is 34.7. The van der Waals surface area contributed by atoms with Crippen LogP contribution in [-0.2, 0) is 16.1 Å². The molecule has 1 aliphatic rings. The minimum absolute atomic E-state index is 0. The van der Waals surface area contributed by atoms with Gasteiger partial charge in [0.25, 0.3) is 0 Å². The van der Waals surface area contributed by atoms with E-state index in [0.717, 1.165) is 31.4 Å². The molecule has 170 valence electrons. The van der Waals surface area contributed by atoms with Crippen LogP contribution in [0.15, 0.2) is 29.3 Å². The first-order chi connectivity index (χ1) is 13.8. The zero-order valence-electron chi connectivity index (χ0n) is 17.6. The molecular weight excluding hydrogens is 509 g/mol. The van der Waals surface area contributed by atoms with Crippen LogP contribution in [0.25, 0.3) is 0 Å². The Morgan fingerprint density at radius 1 is 1.27 bits per heavy atom. The van der Waals surface area contributed by atoms with Crippen molar-refractivity contribution in [3.63, 3.8) is 0 Å². The van der Waals surface area contributed by atoms with Gasteiger partial charge in [-0.3, -0.25) is 4.79 Å². The highest BCUT2D eigenvalue weighted by atomic mass is 127. The van der Waals surface area contributed by atoms with E-state index in [2.05, 4.69) is 15.0 Å². The SMILES string of the molecule is CN(C)C(=O)CN=C(NCC1CCCCO1)N(C)Cc1ccc(OC(F)F)cc1.I. The molecule has 2 rings (SSSR count). The van der Waals surface area contributed by atoms with Crippen LogP contribution in [0.5, 0.6) is 5.75 Å². The Kier molecular flexibility index (Phi) is 11.9. The fraction of sp³-hybridized carbons (Fsp3) is 0.600. The van der Waals surface area contributed by atoms with E-state index in [1.54, 1.807) is 26.2 Å². The van der Waals surface area contributed by atoms with Crippen LogP contribution in [-0.4, -0.2) is 75.2 Å². The molecule has 1 aliphatic heterocycles. The van der Waals surface area contributed by atoms with Gasteiger partial charge in [0, 0.05) is 40.8 Å². The van der Waals surface area contributed by atoms with E-state index in [1.165, 1.54) is 17.0 Å². The standard InChI is InChI=1S/C20H30F2N4O3.HI/c1-25(2)18(27)13-24-20(23-12-17-6-4-5-11-28-17)26(3)14-15-7-9-16(10-8-15)29-19(21)22;/h7-10,17,19H,4-6,11-14H2,1-3H3,(H,23,24);1H. The molecule has 1 aromatic rings. The summed E-state index contributed by atoms with van der Waals surface area (Å²) in [6.45, 7) is -0.946. The second-order valence-electron chi connectivity index (χ2n) is 7.18. The quantitative estimate of drug-likeness (QED) is 0.312. The van der Waals surface area contributed by atoms with Gasteiger partial charge in [0.2, 0.25) is 5.91 Å². The third kappa shape index (κ3) is 9.41. The van der Waals surface area contributed by atoms with Crippen molar-refractivity contribution in [1.29, 1.82) is 0 Å². The number of amides is 1. The Morgan fingerprint density at radius 2 is 1.97 bits per heavy atom. The normalized spacial score (nSPS) is 16.6. The van der Waals surface area contributed by atoms with Crippen molar-refractivity contribution >= 4 is 35.8 Å². The van der Waals surface area contributed by atoms with Crippen molar-refractivity contribution in [2.75, 3.05) is 40.8 Å². The first kappa shape index (κ1) is 26.3. The summed E-state index contributed by atoms with van der Waals surface area (Å²) >= 11 is 0. The third-order valence-electron chi connectivity index (χ3n) is 4.55. The average molecular weight is 540 g/mol. The highest BCUT2D eigenvalue weighted by molar-refractivity contribution is 14.0. The molecule has 1 atom stereocenters. The van der Waals surface area contributed by atoms with Gasteiger partial charge in [-0.2, -0.15) is 8.78 Å². The number of guanidine groups is 1. The molecule has 10 heteroatoms. The monoisotopic (exact) mass is 540 g/mol. The smallest absolute Gasteiger partial charge is 0.387 e. The molecule has 0 spiro atoms. The summed E-state index contributed by atoms with van der Waals surface area (Å²) in [6, 6.07) is 6.46. The first-order valence-electron chi connectivity index (χ1n) is 9.70. The highest BCUT2D eigenvalue weighted by Gasteiger charge is 2.16. The molecule has 0 aromatic heterocycles. The summed E-state index contributed by atoms with van der Waals surface area (Å²) in [6.07, 6.45) is 3.34. The number of halogens is 3. The molecule has 1 aromatic carbocycles. The Hall–Kier alpha value is -1.69. The molecule has 1 amide bonds. The number of nitrogens with one attached hydrogen (secondary N) is 1. The Morgan fingerprint density at radius 3 is 2.53 bits per heavy atom. The lowest BCUT2D eigenvalue weighted by molar-refractivity contribution is -0.127. The van der Waals surface area contributed by atoms with E-state index in [0.29, 0.717) is 19.0 Å². The number of alkyl halides is 2. The summed E-state index contributed by atoms with van der Waals surface area (Å²) in [5.41, 5.74) is 0.900. The van der Waals surface area contributed by atoms with Gasteiger partial charge >= 0.3 is 6.61 Å². The fourth-order valence-electron chi connectivity index (χ4n) is 2.89. The van der Waals surface area contributed by atoms with E-state index in [1.807, 2.05) is 11.9 Å². The van der Waals surface area contributed by atoms with Crippen LogP contribution in [0.3, 0.4) is 0 Å². The van der Waals surface area contributed by atoms with E-state index in [-0.39, 0.29) is 48.3 Å². The first-order valence-corrected chi connectivity index (χ1v) is 9.70. The second-order valence-corrected chi connectivity index (χ2v) is 7.18. The molecule has 0 bridgehead atoms. The number of nitrogens with zero attached hydrogens (tertiary/aromatic N) is 3. The van der Waals surface area contributed by atoms with Crippen molar-refractivity contribution in [2.24, 2.45) is 4.99 Å². The van der Waals surface area contributed by atoms with Gasteiger partial charge in [0.15, 0.2) is 5.96 Å². The van der Waals surface area contributed by atoms with Crippen molar-refractivity contribution < 1.29 is 23.0 Å². The maximum Gasteiger partial charge on any atom is 0.387 e. The molecule has 0 aliphatic carbocycles. The number of benzene rings is 1. The number of ether oxygens (including phenoxy) is 2. The number of likely N-dealkylation sites (N-methyl/N-ethyl adjacent to an activating group) is 1. The molecule has 1 N–H and O–H groups in total. The van der Waals surface area contributed by atoms with Crippen molar-refractivity contribution in [2.45, 2.75) is 38.5 Å². The molecule has 0 saturated carbocycles. The Balaban J connectivity index is 0.00000450. The number of carbonyl (C=O) groups excluding carboxylic acids is 1. The lowest BCUT2D eigenvalue weighted by atomic mass is 10.1. The zero-order chi connectivity index (χ0) is 21.2. The third-order valence-corrected chi connectivity index (χ3v) is 4.55. The van der Waals surface area contributed by atoms with Crippen LogP contribution in [0.4, 0.5) is 8.78 Å². The number of aliphatic imine (C=N–C) groups is 1. The van der Waals surface area contributed by atoms with Crippen LogP contribution in [0.2, 0.25) is 0 Å². The minimum atomic E-state index is -2.84. The summed E-state index contributed by atoms with van der Waals surface area (Å²) in [5.74, 6) is 0.604. The van der Waals surface area contributed by atoms with Crippen LogP contribution in [0, 0.1) is 0 Å². The molecule has 1 saturated heterocycles. The van der Waals surface area contributed by atoms with Gasteiger partial charge in [-0.1, -0.05) is 12.1 Å². The van der Waals surface area contributed by atoms with E-state index in [4.69, 9.17) is 4.74 Å². The van der Waals surface area contributed by atoms with Gasteiger partial charge in [0.05, 0.1) is 6.10 Å². The average Bonchev–Trinajstić information content (AvgIpc) is 2.69. The van der Waals surface area contributed by atoms with Gasteiger partial charge in [0.1, 0.15) is 12.3 Å². The van der Waals surface area contributed by atoms with E-state index in [9.17, 15) is 13.6 Å². The molecule has 1 fully saturated rings. The molecule has 7 nitrogen and oxygen atoms in total. The van der Waals surface area contributed by atoms with Gasteiger partial charge in [-0.05, 0) is 37.0 Å². The molecule has 1 heterocycles. The van der Waals surface area contributed by atoms with Crippen molar-refractivity contribution in [1.82, 2.24) is 15.1 Å². The molecule has 30 heavy (non-hydrogen) atoms. The highest BCUT2D eigenvalue weighted by Crippen LogP contribution is 2.16. The van der Waals surface area contributed by atoms with Crippen molar-refractivity contribution in [3.05, 3.63) is 29.8 Å². The summed E-state index contributed by atoms with van der Waals surface area (Å²) in [7, 11) is 5.23. The zero-order valence-corrected chi connectivity index (χ0v) is 20.0. The summed E-state index contributed by atoms with van der Waals surface area (Å²) in [4.78, 5) is 19.8. The minimum Gasteiger partial charge on any atom is -0.435 e. The maximum absolute atomic E-state index is 12.3. The summed E-state index contributed by atoms with van der Waals surface area (Å²) in [5, 5.41) is 3.30. The second kappa shape index (κ2) is 13.6. The number of rotatable bonds is 8. The van der Waals surface area contributed by atoms with Gasteiger partial charge < -0.3 is 24.6 Å². The van der Waals surface area contributed by atoms with Crippen molar-refractivity contribution in [3.8, 4) is 5.75 Å². The Bertz CT molecular complexity index is 669. The number of carbonyl (C=O) groups is 1. The fourth-order valence-corrected chi connectivity index (χ4v) is 2.89. The van der Waals surface area contributed by atoms with E-state index < -0.39 is 6.61 Å². The number of hydrogen-bond acceptors (Lipinski definition) is 4. The van der Waals surface area contributed by atoms with E-state index >= 15 is 0 Å². The Labute approximate surface area is 193 Å². The molecule has 0 radical (unpaired) electrons. The largest absolute Gasteiger partial charge is 0.435 e. The number of hydrogen-bond donors (Lipinski definition) is 1. The molecule has 1 unspecified atom stereocenters. The van der Waals surface area contributed by atoms with Gasteiger partial charge in [-0.15, -0.1) is 24.0 Å². The predicted octanol–water partition coefficient (Wildman–Crippen LogP) is 2.94.